The van der Waals surface area contributed by atoms with Crippen molar-refractivity contribution in [1.29, 1.82) is 0 Å². The number of amides is 3. The predicted molar refractivity (Wildman–Crippen MR) is 83.2 cm³/mol. The molecule has 6 nitrogen and oxygen atoms in total. The molecular weight excluding hydrogens is 268 g/mol. The number of carbonyl (C=O) groups is 2. The lowest BCUT2D eigenvalue weighted by atomic mass is 10.00. The molecule has 1 aliphatic heterocycles. The minimum atomic E-state index is -0.438. The van der Waals surface area contributed by atoms with Crippen LogP contribution < -0.4 is 21.3 Å². The largest absolute Gasteiger partial charge is 0.398 e. The summed E-state index contributed by atoms with van der Waals surface area (Å²) in [5.41, 5.74) is 8.82. The van der Waals surface area contributed by atoms with Crippen molar-refractivity contribution in [1.82, 2.24) is 10.6 Å². The number of nitrogen functional groups attached to an aromatic ring is 1. The Morgan fingerprint density at radius 1 is 1.38 bits per heavy atom. The molecule has 0 saturated heterocycles. The number of nitrogens with one attached hydrogen (secondary N) is 2. The zero-order chi connectivity index (χ0) is 15.2. The van der Waals surface area contributed by atoms with Crippen LogP contribution in [0.2, 0.25) is 0 Å². The van der Waals surface area contributed by atoms with E-state index in [4.69, 9.17) is 5.73 Å². The van der Waals surface area contributed by atoms with E-state index in [2.05, 4.69) is 10.6 Å². The van der Waals surface area contributed by atoms with Crippen molar-refractivity contribution >= 4 is 23.3 Å². The highest BCUT2D eigenvalue weighted by molar-refractivity contribution is 5.96. The minimum absolute atomic E-state index is 0.163. The van der Waals surface area contributed by atoms with Gasteiger partial charge < -0.3 is 16.0 Å². The number of anilines is 2. The number of hydrogen-bond donors (Lipinski definition) is 3. The van der Waals surface area contributed by atoms with E-state index < -0.39 is 6.03 Å². The van der Waals surface area contributed by atoms with E-state index in [1.165, 1.54) is 0 Å². The van der Waals surface area contributed by atoms with Gasteiger partial charge >= 0.3 is 6.03 Å². The fourth-order valence-electron chi connectivity index (χ4n) is 2.51. The second kappa shape index (κ2) is 6.97. The van der Waals surface area contributed by atoms with Crippen LogP contribution in [0.4, 0.5) is 16.2 Å². The molecule has 21 heavy (non-hydrogen) atoms. The molecule has 0 saturated carbocycles. The van der Waals surface area contributed by atoms with Gasteiger partial charge in [0.15, 0.2) is 0 Å². The first-order valence-corrected chi connectivity index (χ1v) is 7.31. The SMILES string of the molecule is CCCNC(=O)NC(=O)CN1CCCc2c(N)cccc21. The Morgan fingerprint density at radius 2 is 2.19 bits per heavy atom. The van der Waals surface area contributed by atoms with E-state index in [1.54, 1.807) is 0 Å². The summed E-state index contributed by atoms with van der Waals surface area (Å²) in [6, 6.07) is 5.29. The smallest absolute Gasteiger partial charge is 0.321 e. The number of rotatable bonds is 4. The molecule has 6 heteroatoms. The van der Waals surface area contributed by atoms with Crippen molar-refractivity contribution in [2.45, 2.75) is 26.2 Å². The fraction of sp³-hybridized carbons (Fsp3) is 0.467. The zero-order valence-electron chi connectivity index (χ0n) is 12.3. The molecule has 1 aromatic rings. The molecule has 4 N–H and O–H groups in total. The van der Waals surface area contributed by atoms with Gasteiger partial charge in [-0.15, -0.1) is 0 Å². The van der Waals surface area contributed by atoms with E-state index in [1.807, 2.05) is 30.0 Å². The lowest BCUT2D eigenvalue weighted by Crippen LogP contribution is -2.45. The highest BCUT2D eigenvalue weighted by Crippen LogP contribution is 2.30. The van der Waals surface area contributed by atoms with Crippen LogP contribution in [0.5, 0.6) is 0 Å². The molecule has 0 spiro atoms. The Hall–Kier alpha value is -2.24. The molecular formula is C15H22N4O2. The van der Waals surface area contributed by atoms with E-state index in [-0.39, 0.29) is 12.5 Å². The number of hydrogen-bond acceptors (Lipinski definition) is 4. The lowest BCUT2D eigenvalue weighted by Gasteiger charge is -2.31. The van der Waals surface area contributed by atoms with Crippen molar-refractivity contribution in [3.8, 4) is 0 Å². The summed E-state index contributed by atoms with van der Waals surface area (Å²) >= 11 is 0. The summed E-state index contributed by atoms with van der Waals surface area (Å²) in [5, 5.41) is 4.96. The molecule has 1 heterocycles. The quantitative estimate of drug-likeness (QED) is 0.728. The number of nitrogens with two attached hydrogens (primary N) is 1. The molecule has 1 aromatic carbocycles. The average Bonchev–Trinajstić information content (AvgIpc) is 2.46. The molecule has 0 fully saturated rings. The van der Waals surface area contributed by atoms with Gasteiger partial charge in [0.25, 0.3) is 0 Å². The third-order valence-electron chi connectivity index (χ3n) is 3.51. The van der Waals surface area contributed by atoms with Crippen LogP contribution >= 0.6 is 0 Å². The van der Waals surface area contributed by atoms with Crippen LogP contribution in [0.15, 0.2) is 18.2 Å². The molecule has 1 aliphatic rings. The van der Waals surface area contributed by atoms with E-state index in [0.717, 1.165) is 42.7 Å². The van der Waals surface area contributed by atoms with Crippen LogP contribution in [-0.2, 0) is 11.2 Å². The number of urea groups is 1. The van der Waals surface area contributed by atoms with Gasteiger partial charge in [-0.2, -0.15) is 0 Å². The van der Waals surface area contributed by atoms with Gasteiger partial charge in [0.2, 0.25) is 5.91 Å². The van der Waals surface area contributed by atoms with Gasteiger partial charge in [-0.05, 0) is 37.0 Å². The molecule has 2 rings (SSSR count). The molecule has 0 atom stereocenters. The molecule has 0 unspecified atom stereocenters. The van der Waals surface area contributed by atoms with Gasteiger partial charge in [0.05, 0.1) is 6.54 Å². The molecule has 3 amide bonds. The van der Waals surface area contributed by atoms with Crippen LogP contribution in [0.3, 0.4) is 0 Å². The summed E-state index contributed by atoms with van der Waals surface area (Å²) in [6.07, 6.45) is 2.72. The number of fused-ring (bicyclic) bond motifs is 1. The Labute approximate surface area is 124 Å². The minimum Gasteiger partial charge on any atom is -0.398 e. The molecule has 0 aliphatic carbocycles. The Bertz CT molecular complexity index is 530. The summed E-state index contributed by atoms with van der Waals surface area (Å²) < 4.78 is 0. The maximum Gasteiger partial charge on any atom is 0.321 e. The molecule has 0 bridgehead atoms. The van der Waals surface area contributed by atoms with Crippen molar-refractivity contribution in [2.24, 2.45) is 0 Å². The maximum absolute atomic E-state index is 11.9. The summed E-state index contributed by atoms with van der Waals surface area (Å²) in [4.78, 5) is 25.4. The Morgan fingerprint density at radius 3 is 2.95 bits per heavy atom. The number of carbonyl (C=O) groups excluding carboxylic acids is 2. The average molecular weight is 290 g/mol. The predicted octanol–water partition coefficient (Wildman–Crippen LogP) is 1.26. The van der Waals surface area contributed by atoms with Crippen LogP contribution in [-0.4, -0.2) is 31.6 Å². The van der Waals surface area contributed by atoms with Crippen molar-refractivity contribution in [2.75, 3.05) is 30.3 Å². The fourth-order valence-corrected chi connectivity index (χ4v) is 2.51. The first-order chi connectivity index (χ1) is 10.1. The van der Waals surface area contributed by atoms with E-state index >= 15 is 0 Å². The lowest BCUT2D eigenvalue weighted by molar-refractivity contribution is -0.118. The van der Waals surface area contributed by atoms with Crippen LogP contribution in [0.1, 0.15) is 25.3 Å². The number of benzene rings is 1. The van der Waals surface area contributed by atoms with E-state index in [0.29, 0.717) is 6.54 Å². The van der Waals surface area contributed by atoms with Gasteiger partial charge in [-0.1, -0.05) is 13.0 Å². The Kier molecular flexibility index (Phi) is 5.03. The molecule has 0 aromatic heterocycles. The third-order valence-corrected chi connectivity index (χ3v) is 3.51. The second-order valence-electron chi connectivity index (χ2n) is 5.17. The zero-order valence-corrected chi connectivity index (χ0v) is 12.3. The first kappa shape index (κ1) is 15.2. The number of nitrogens with zero attached hydrogens (tertiary/aromatic N) is 1. The van der Waals surface area contributed by atoms with Gasteiger partial charge in [-0.25, -0.2) is 4.79 Å². The first-order valence-electron chi connectivity index (χ1n) is 7.31. The number of imide groups is 1. The Balaban J connectivity index is 1.97. The summed E-state index contributed by atoms with van der Waals surface area (Å²) in [7, 11) is 0. The standard InChI is InChI=1S/C15H22N4O2/c1-2-8-17-15(21)18-14(20)10-19-9-4-5-11-12(16)6-3-7-13(11)19/h3,6-7H,2,4-5,8-10,16H2,1H3,(H2,17,18,20,21). The molecule has 114 valence electrons. The van der Waals surface area contributed by atoms with Gasteiger partial charge in [0, 0.05) is 24.5 Å². The normalized spacial score (nSPS) is 13.5. The monoisotopic (exact) mass is 290 g/mol. The van der Waals surface area contributed by atoms with E-state index in [9.17, 15) is 9.59 Å². The van der Waals surface area contributed by atoms with Gasteiger partial charge in [0.1, 0.15) is 0 Å². The van der Waals surface area contributed by atoms with Crippen LogP contribution in [0.25, 0.3) is 0 Å². The topological polar surface area (TPSA) is 87.5 Å². The second-order valence-corrected chi connectivity index (χ2v) is 5.17. The molecule has 0 radical (unpaired) electrons. The maximum atomic E-state index is 11.9. The van der Waals surface area contributed by atoms with Gasteiger partial charge in [-0.3, -0.25) is 10.1 Å². The van der Waals surface area contributed by atoms with Crippen molar-refractivity contribution in [3.63, 3.8) is 0 Å². The third kappa shape index (κ3) is 3.87. The van der Waals surface area contributed by atoms with Crippen molar-refractivity contribution in [3.05, 3.63) is 23.8 Å². The summed E-state index contributed by atoms with van der Waals surface area (Å²) in [5.74, 6) is -0.307. The van der Waals surface area contributed by atoms with Crippen LogP contribution in [0, 0.1) is 0 Å². The summed E-state index contributed by atoms with van der Waals surface area (Å²) in [6.45, 7) is 3.47. The highest BCUT2D eigenvalue weighted by atomic mass is 16.2. The highest BCUT2D eigenvalue weighted by Gasteiger charge is 2.21. The van der Waals surface area contributed by atoms with Crippen molar-refractivity contribution < 1.29 is 9.59 Å².